The molecule has 0 bridgehead atoms. The summed E-state index contributed by atoms with van der Waals surface area (Å²) >= 11 is 0. The molecule has 2 atom stereocenters. The summed E-state index contributed by atoms with van der Waals surface area (Å²) in [4.78, 5) is 0. The number of hydrogen-bond donors (Lipinski definition) is 1. The lowest BCUT2D eigenvalue weighted by molar-refractivity contribution is -0.0181. The van der Waals surface area contributed by atoms with E-state index < -0.39 is 6.10 Å². The van der Waals surface area contributed by atoms with Gasteiger partial charge in [0.1, 0.15) is 11.9 Å². The van der Waals surface area contributed by atoms with Crippen LogP contribution < -0.4 is 4.74 Å². The van der Waals surface area contributed by atoms with Crippen LogP contribution in [-0.2, 0) is 9.47 Å². The number of aliphatic hydroxyl groups is 1. The van der Waals surface area contributed by atoms with Crippen molar-refractivity contribution in [2.45, 2.75) is 32.0 Å². The number of aryl methyl sites for hydroxylation is 1. The third kappa shape index (κ3) is 3.93. The highest BCUT2D eigenvalue weighted by molar-refractivity contribution is 5.38. The second-order valence-corrected chi connectivity index (χ2v) is 4.93. The van der Waals surface area contributed by atoms with Gasteiger partial charge in [-0.1, -0.05) is 11.6 Å². The maximum Gasteiger partial charge on any atom is 0.124 e. The fourth-order valence-electron chi connectivity index (χ4n) is 2.29. The largest absolute Gasteiger partial charge is 0.496 e. The van der Waals surface area contributed by atoms with Crippen LogP contribution in [0.2, 0.25) is 0 Å². The molecule has 0 radical (unpaired) electrons. The molecule has 1 N–H and O–H groups in total. The molecule has 1 saturated heterocycles. The van der Waals surface area contributed by atoms with E-state index in [1.807, 2.05) is 25.1 Å². The van der Waals surface area contributed by atoms with Crippen LogP contribution in [0.25, 0.3) is 0 Å². The molecule has 19 heavy (non-hydrogen) atoms. The van der Waals surface area contributed by atoms with Crippen molar-refractivity contribution in [3.8, 4) is 5.75 Å². The number of rotatable bonds is 6. The van der Waals surface area contributed by atoms with Crippen molar-refractivity contribution in [2.75, 3.05) is 26.9 Å². The van der Waals surface area contributed by atoms with Crippen LogP contribution in [0, 0.1) is 6.92 Å². The fraction of sp³-hybridized carbons (Fsp3) is 0.600. The van der Waals surface area contributed by atoms with Crippen molar-refractivity contribution in [3.05, 3.63) is 29.3 Å². The van der Waals surface area contributed by atoms with Crippen LogP contribution in [0.4, 0.5) is 0 Å². The number of benzene rings is 1. The van der Waals surface area contributed by atoms with Gasteiger partial charge in [-0.25, -0.2) is 0 Å². The summed E-state index contributed by atoms with van der Waals surface area (Å²) in [6, 6.07) is 5.76. The normalized spacial score (nSPS) is 20.5. The summed E-state index contributed by atoms with van der Waals surface area (Å²) in [7, 11) is 1.61. The summed E-state index contributed by atoms with van der Waals surface area (Å²) < 4.78 is 16.3. The molecule has 4 heteroatoms. The Labute approximate surface area is 114 Å². The van der Waals surface area contributed by atoms with Crippen molar-refractivity contribution in [1.29, 1.82) is 0 Å². The molecule has 0 aromatic heterocycles. The average molecular weight is 266 g/mol. The van der Waals surface area contributed by atoms with Crippen LogP contribution >= 0.6 is 0 Å². The molecule has 106 valence electrons. The predicted octanol–water partition coefficient (Wildman–Crippen LogP) is 2.23. The summed E-state index contributed by atoms with van der Waals surface area (Å²) in [5, 5.41) is 10.2. The van der Waals surface area contributed by atoms with E-state index in [0.29, 0.717) is 12.4 Å². The highest BCUT2D eigenvalue weighted by Gasteiger charge is 2.18. The molecule has 0 saturated carbocycles. The standard InChI is InChI=1S/C15H22O4/c1-11-5-6-15(17-2)13(8-11)14(16)10-18-9-12-4-3-7-19-12/h5-6,8,12,14,16H,3-4,7,9-10H2,1-2H3. The first-order valence-corrected chi connectivity index (χ1v) is 6.72. The Hall–Kier alpha value is -1.10. The van der Waals surface area contributed by atoms with Gasteiger partial charge in [-0.15, -0.1) is 0 Å². The Kier molecular flexibility index (Phi) is 5.19. The van der Waals surface area contributed by atoms with Gasteiger partial charge in [0.2, 0.25) is 0 Å². The van der Waals surface area contributed by atoms with Crippen LogP contribution in [0.15, 0.2) is 18.2 Å². The molecule has 2 rings (SSSR count). The Morgan fingerprint density at radius 2 is 2.32 bits per heavy atom. The van der Waals surface area contributed by atoms with Crippen molar-refractivity contribution in [3.63, 3.8) is 0 Å². The van der Waals surface area contributed by atoms with Gasteiger partial charge in [-0.2, -0.15) is 0 Å². The van der Waals surface area contributed by atoms with E-state index in [4.69, 9.17) is 14.2 Å². The van der Waals surface area contributed by atoms with E-state index >= 15 is 0 Å². The van der Waals surface area contributed by atoms with E-state index in [2.05, 4.69) is 0 Å². The van der Waals surface area contributed by atoms with Crippen molar-refractivity contribution in [2.24, 2.45) is 0 Å². The maximum absolute atomic E-state index is 10.2. The monoisotopic (exact) mass is 266 g/mol. The molecular weight excluding hydrogens is 244 g/mol. The van der Waals surface area contributed by atoms with Crippen LogP contribution in [0.1, 0.15) is 30.1 Å². The second kappa shape index (κ2) is 6.89. The van der Waals surface area contributed by atoms with E-state index in [1.165, 1.54) is 0 Å². The number of methoxy groups -OCH3 is 1. The minimum atomic E-state index is -0.670. The molecule has 1 fully saturated rings. The Balaban J connectivity index is 1.87. The lowest BCUT2D eigenvalue weighted by Crippen LogP contribution is -2.17. The lowest BCUT2D eigenvalue weighted by atomic mass is 10.1. The predicted molar refractivity (Wildman–Crippen MR) is 72.5 cm³/mol. The van der Waals surface area contributed by atoms with E-state index in [1.54, 1.807) is 7.11 Å². The van der Waals surface area contributed by atoms with Gasteiger partial charge < -0.3 is 19.3 Å². The smallest absolute Gasteiger partial charge is 0.124 e. The molecule has 0 aliphatic carbocycles. The van der Waals surface area contributed by atoms with Crippen molar-refractivity contribution in [1.82, 2.24) is 0 Å². The van der Waals surface area contributed by atoms with Gasteiger partial charge in [-0.05, 0) is 31.9 Å². The molecule has 2 unspecified atom stereocenters. The first-order chi connectivity index (χ1) is 9.20. The topological polar surface area (TPSA) is 47.9 Å². The van der Waals surface area contributed by atoms with E-state index in [0.717, 1.165) is 30.6 Å². The summed E-state index contributed by atoms with van der Waals surface area (Å²) in [5.41, 5.74) is 1.86. The van der Waals surface area contributed by atoms with E-state index in [9.17, 15) is 5.11 Å². The zero-order valence-corrected chi connectivity index (χ0v) is 11.6. The molecule has 0 spiro atoms. The molecular formula is C15H22O4. The maximum atomic E-state index is 10.2. The van der Waals surface area contributed by atoms with Gasteiger partial charge in [0.15, 0.2) is 0 Å². The van der Waals surface area contributed by atoms with Gasteiger partial charge in [0.05, 0.1) is 26.4 Å². The average Bonchev–Trinajstić information content (AvgIpc) is 2.91. The number of aliphatic hydroxyl groups excluding tert-OH is 1. The van der Waals surface area contributed by atoms with Gasteiger partial charge in [0.25, 0.3) is 0 Å². The fourth-order valence-corrected chi connectivity index (χ4v) is 2.29. The van der Waals surface area contributed by atoms with Crippen LogP contribution in [-0.4, -0.2) is 38.1 Å². The highest BCUT2D eigenvalue weighted by atomic mass is 16.5. The van der Waals surface area contributed by atoms with Crippen molar-refractivity contribution >= 4 is 0 Å². The minimum Gasteiger partial charge on any atom is -0.496 e. The summed E-state index contributed by atoms with van der Waals surface area (Å²) in [5.74, 6) is 0.693. The molecule has 1 aliphatic heterocycles. The van der Waals surface area contributed by atoms with Crippen LogP contribution in [0.5, 0.6) is 5.75 Å². The second-order valence-electron chi connectivity index (χ2n) is 4.93. The van der Waals surface area contributed by atoms with Gasteiger partial charge >= 0.3 is 0 Å². The number of hydrogen-bond acceptors (Lipinski definition) is 4. The summed E-state index contributed by atoms with van der Waals surface area (Å²) in [6.07, 6.45) is 1.66. The molecule has 1 aliphatic rings. The zero-order valence-electron chi connectivity index (χ0n) is 11.6. The van der Waals surface area contributed by atoms with Gasteiger partial charge in [0, 0.05) is 12.2 Å². The molecule has 0 amide bonds. The van der Waals surface area contributed by atoms with Crippen molar-refractivity contribution < 1.29 is 19.3 Å². The molecule has 1 aromatic rings. The Morgan fingerprint density at radius 1 is 1.47 bits per heavy atom. The van der Waals surface area contributed by atoms with Gasteiger partial charge in [-0.3, -0.25) is 0 Å². The Morgan fingerprint density at radius 3 is 3.00 bits per heavy atom. The molecule has 1 heterocycles. The molecule has 1 aromatic carbocycles. The summed E-state index contributed by atoms with van der Waals surface area (Å²) in [6.45, 7) is 3.62. The first-order valence-electron chi connectivity index (χ1n) is 6.72. The third-order valence-corrected chi connectivity index (χ3v) is 3.35. The first kappa shape index (κ1) is 14.3. The minimum absolute atomic E-state index is 0.187. The SMILES string of the molecule is COc1ccc(C)cc1C(O)COCC1CCCO1. The third-order valence-electron chi connectivity index (χ3n) is 3.35. The van der Waals surface area contributed by atoms with Crippen LogP contribution in [0.3, 0.4) is 0 Å². The highest BCUT2D eigenvalue weighted by Crippen LogP contribution is 2.26. The lowest BCUT2D eigenvalue weighted by Gasteiger charge is -2.17. The quantitative estimate of drug-likeness (QED) is 0.857. The zero-order chi connectivity index (χ0) is 13.7. The van der Waals surface area contributed by atoms with E-state index in [-0.39, 0.29) is 12.7 Å². The number of ether oxygens (including phenoxy) is 3. The Bertz CT molecular complexity index is 399. The molecule has 4 nitrogen and oxygen atoms in total.